The monoisotopic (exact) mass is 578 g/mol. The Hall–Kier alpha value is -0.630. The Bertz CT molecular complexity index is 610. The molecule has 0 saturated heterocycles. The molecule has 1 aromatic carbocycles. The fraction of sp³-hybridized carbons (Fsp3) is 0.833. The van der Waals surface area contributed by atoms with Gasteiger partial charge in [0.05, 0.1) is 13.2 Å². The van der Waals surface area contributed by atoms with Crippen molar-refractivity contribution in [2.24, 2.45) is 0 Å². The van der Waals surface area contributed by atoms with E-state index in [0.717, 1.165) is 38.2 Å². The van der Waals surface area contributed by atoms with E-state index in [-0.39, 0.29) is 0 Å². The molecule has 0 saturated carbocycles. The Morgan fingerprint density at radius 3 is 1.25 bits per heavy atom. The number of aryl methyl sites for hydroxylation is 1. The quantitative estimate of drug-likeness (QED) is 0.0648. The van der Waals surface area contributed by atoms with E-state index in [9.17, 15) is 0 Å². The SMILES string of the molecule is CCCCCCCCCCCCCOP(OCCCCCCCCCCCCC)Oc1ccccc1CCCC. The van der Waals surface area contributed by atoms with Gasteiger partial charge in [-0.25, -0.2) is 0 Å². The van der Waals surface area contributed by atoms with Gasteiger partial charge in [0.15, 0.2) is 0 Å². The van der Waals surface area contributed by atoms with Crippen LogP contribution in [-0.2, 0) is 15.5 Å². The summed E-state index contributed by atoms with van der Waals surface area (Å²) in [5.74, 6) is 0.944. The molecule has 0 aromatic heterocycles. The molecule has 0 heterocycles. The number of hydrogen-bond acceptors (Lipinski definition) is 3. The van der Waals surface area contributed by atoms with Crippen molar-refractivity contribution >= 4 is 8.60 Å². The van der Waals surface area contributed by atoms with Crippen molar-refractivity contribution in [1.29, 1.82) is 0 Å². The highest BCUT2D eigenvalue weighted by Crippen LogP contribution is 2.42. The topological polar surface area (TPSA) is 27.7 Å². The van der Waals surface area contributed by atoms with E-state index in [1.165, 1.54) is 147 Å². The molecule has 234 valence electrons. The smallest absolute Gasteiger partial charge is 0.397 e. The first-order valence-corrected chi connectivity index (χ1v) is 18.7. The van der Waals surface area contributed by atoms with Crippen LogP contribution >= 0.6 is 8.60 Å². The van der Waals surface area contributed by atoms with E-state index in [2.05, 4.69) is 45.0 Å². The normalized spacial score (nSPS) is 11.5. The van der Waals surface area contributed by atoms with Crippen LogP contribution in [0.1, 0.15) is 180 Å². The van der Waals surface area contributed by atoms with Gasteiger partial charge in [-0.05, 0) is 37.3 Å². The van der Waals surface area contributed by atoms with E-state index in [1.54, 1.807) is 0 Å². The lowest BCUT2D eigenvalue weighted by Crippen LogP contribution is -2.02. The maximum Gasteiger partial charge on any atom is 0.397 e. The van der Waals surface area contributed by atoms with Crippen molar-refractivity contribution in [2.75, 3.05) is 13.2 Å². The summed E-state index contributed by atoms with van der Waals surface area (Å²) in [4.78, 5) is 0. The lowest BCUT2D eigenvalue weighted by Gasteiger charge is -2.19. The second kappa shape index (κ2) is 29.8. The zero-order valence-corrected chi connectivity index (χ0v) is 28.0. The van der Waals surface area contributed by atoms with Crippen LogP contribution < -0.4 is 4.52 Å². The van der Waals surface area contributed by atoms with Crippen LogP contribution in [0.3, 0.4) is 0 Å². The summed E-state index contributed by atoms with van der Waals surface area (Å²) in [7, 11) is -1.34. The van der Waals surface area contributed by atoms with Crippen molar-refractivity contribution in [3.05, 3.63) is 29.8 Å². The van der Waals surface area contributed by atoms with E-state index < -0.39 is 8.60 Å². The summed E-state index contributed by atoms with van der Waals surface area (Å²) in [5.41, 5.74) is 1.27. The minimum Gasteiger partial charge on any atom is -0.426 e. The molecule has 4 heteroatoms. The van der Waals surface area contributed by atoms with Crippen molar-refractivity contribution in [1.82, 2.24) is 0 Å². The van der Waals surface area contributed by atoms with Crippen LogP contribution in [0.5, 0.6) is 5.75 Å². The highest BCUT2D eigenvalue weighted by molar-refractivity contribution is 7.42. The third-order valence-electron chi connectivity index (χ3n) is 7.83. The summed E-state index contributed by atoms with van der Waals surface area (Å²) >= 11 is 0. The van der Waals surface area contributed by atoms with Gasteiger partial charge in [-0.15, -0.1) is 0 Å². The van der Waals surface area contributed by atoms with Crippen LogP contribution in [0.2, 0.25) is 0 Å². The second-order valence-corrected chi connectivity index (χ2v) is 12.9. The first-order chi connectivity index (χ1) is 19.8. The molecular formula is C36H67O3P. The van der Waals surface area contributed by atoms with Gasteiger partial charge in [-0.3, -0.25) is 0 Å². The van der Waals surface area contributed by atoms with Gasteiger partial charge >= 0.3 is 8.60 Å². The average molecular weight is 579 g/mol. The Morgan fingerprint density at radius 2 is 0.825 bits per heavy atom. The predicted molar refractivity (Wildman–Crippen MR) is 177 cm³/mol. The molecule has 3 nitrogen and oxygen atoms in total. The van der Waals surface area contributed by atoms with E-state index in [4.69, 9.17) is 13.6 Å². The Balaban J connectivity index is 2.27. The van der Waals surface area contributed by atoms with Gasteiger partial charge < -0.3 is 13.6 Å². The molecule has 1 aromatic rings. The van der Waals surface area contributed by atoms with E-state index in [1.807, 2.05) is 0 Å². The van der Waals surface area contributed by atoms with Gasteiger partial charge in [-0.1, -0.05) is 174 Å². The molecule has 0 unspecified atom stereocenters. The number of para-hydroxylation sites is 1. The van der Waals surface area contributed by atoms with Crippen LogP contribution in [0, 0.1) is 0 Å². The lowest BCUT2D eigenvalue weighted by atomic mass is 10.1. The fourth-order valence-corrected chi connectivity index (χ4v) is 6.22. The highest BCUT2D eigenvalue weighted by Gasteiger charge is 2.17. The molecule has 0 aliphatic heterocycles. The van der Waals surface area contributed by atoms with E-state index >= 15 is 0 Å². The molecule has 0 bridgehead atoms. The summed E-state index contributed by atoms with van der Waals surface area (Å²) in [5, 5.41) is 0. The molecule has 0 N–H and O–H groups in total. The molecule has 0 atom stereocenters. The molecule has 0 spiro atoms. The van der Waals surface area contributed by atoms with Crippen molar-refractivity contribution < 1.29 is 13.6 Å². The Kier molecular flexibility index (Phi) is 27.9. The number of rotatable bonds is 31. The first kappa shape index (κ1) is 37.4. The minimum absolute atomic E-state index is 0.734. The van der Waals surface area contributed by atoms with Gasteiger partial charge in [0.1, 0.15) is 5.75 Å². The molecule has 0 aliphatic rings. The largest absolute Gasteiger partial charge is 0.426 e. The lowest BCUT2D eigenvalue weighted by molar-refractivity contribution is 0.198. The molecular weight excluding hydrogens is 511 g/mol. The van der Waals surface area contributed by atoms with Gasteiger partial charge in [0, 0.05) is 0 Å². The molecule has 0 fully saturated rings. The molecule has 0 amide bonds. The number of benzene rings is 1. The molecule has 0 aliphatic carbocycles. The highest BCUT2D eigenvalue weighted by atomic mass is 31.2. The summed E-state index contributed by atoms with van der Waals surface area (Å²) in [6, 6.07) is 8.44. The zero-order valence-electron chi connectivity index (χ0n) is 27.1. The van der Waals surface area contributed by atoms with Crippen LogP contribution in [-0.4, -0.2) is 13.2 Å². The summed E-state index contributed by atoms with van der Waals surface area (Å²) in [6.07, 6.45) is 33.0. The van der Waals surface area contributed by atoms with Gasteiger partial charge in [0.2, 0.25) is 0 Å². The van der Waals surface area contributed by atoms with Crippen molar-refractivity contribution in [3.8, 4) is 5.75 Å². The summed E-state index contributed by atoms with van der Waals surface area (Å²) < 4.78 is 18.8. The van der Waals surface area contributed by atoms with Gasteiger partial charge in [-0.2, -0.15) is 0 Å². The van der Waals surface area contributed by atoms with Crippen LogP contribution in [0.15, 0.2) is 24.3 Å². The maximum atomic E-state index is 6.36. The standard InChI is InChI=1S/C36H67O3P/c1-4-7-10-12-14-16-18-20-22-24-28-33-37-40(39-36-32-27-26-31-35(36)30-9-6-3)38-34-29-25-23-21-19-17-15-13-11-8-5-2/h26-27,31-32H,4-25,28-30,33-34H2,1-3H3. The number of unbranched alkanes of at least 4 members (excludes halogenated alkanes) is 21. The van der Waals surface area contributed by atoms with Gasteiger partial charge in [0.25, 0.3) is 0 Å². The first-order valence-electron chi connectivity index (χ1n) is 17.6. The minimum atomic E-state index is -1.34. The Labute approximate surface area is 251 Å². The third kappa shape index (κ3) is 23.0. The second-order valence-electron chi connectivity index (χ2n) is 11.8. The van der Waals surface area contributed by atoms with Crippen molar-refractivity contribution in [3.63, 3.8) is 0 Å². The van der Waals surface area contributed by atoms with Crippen molar-refractivity contribution in [2.45, 2.75) is 181 Å². The zero-order chi connectivity index (χ0) is 28.8. The fourth-order valence-electron chi connectivity index (χ4n) is 5.15. The molecule has 1 rings (SSSR count). The Morgan fingerprint density at radius 1 is 0.450 bits per heavy atom. The molecule has 0 radical (unpaired) electrons. The predicted octanol–water partition coefficient (Wildman–Crippen LogP) is 13.3. The van der Waals surface area contributed by atoms with Crippen LogP contribution in [0.25, 0.3) is 0 Å². The molecule has 40 heavy (non-hydrogen) atoms. The van der Waals surface area contributed by atoms with Crippen LogP contribution in [0.4, 0.5) is 0 Å². The maximum absolute atomic E-state index is 6.36. The summed E-state index contributed by atoms with van der Waals surface area (Å²) in [6.45, 7) is 8.29. The number of hydrogen-bond donors (Lipinski definition) is 0. The van der Waals surface area contributed by atoms with E-state index in [0.29, 0.717) is 0 Å². The third-order valence-corrected chi connectivity index (χ3v) is 8.97. The average Bonchev–Trinajstić information content (AvgIpc) is 2.97.